The van der Waals surface area contributed by atoms with Crippen LogP contribution in [0.3, 0.4) is 0 Å². The Balaban J connectivity index is 1.55. The molecule has 1 amide bonds. The number of hydrogen-bond donors (Lipinski definition) is 1. The lowest BCUT2D eigenvalue weighted by Gasteiger charge is -2.41. The van der Waals surface area contributed by atoms with E-state index in [9.17, 15) is 13.2 Å². The summed E-state index contributed by atoms with van der Waals surface area (Å²) >= 11 is 12.2. The van der Waals surface area contributed by atoms with E-state index in [1.54, 1.807) is 6.07 Å². The maximum absolute atomic E-state index is 13.0. The van der Waals surface area contributed by atoms with Gasteiger partial charge in [0.1, 0.15) is 4.90 Å². The second-order valence-electron chi connectivity index (χ2n) is 8.81. The summed E-state index contributed by atoms with van der Waals surface area (Å²) < 4.78 is 27.4. The van der Waals surface area contributed by atoms with Gasteiger partial charge in [-0.3, -0.25) is 9.69 Å². The van der Waals surface area contributed by atoms with E-state index >= 15 is 0 Å². The molecule has 0 spiro atoms. The van der Waals surface area contributed by atoms with E-state index < -0.39 is 10.0 Å². The molecule has 0 saturated carbocycles. The van der Waals surface area contributed by atoms with Crippen molar-refractivity contribution < 1.29 is 13.2 Å². The SMILES string of the molecule is CC(C)(CNC(=O)C1CCN(S(=O)(=O)c2c(Cl)cccc2Cl)CC1)N1CCCCC1. The second-order valence-corrected chi connectivity index (χ2v) is 11.5. The maximum atomic E-state index is 13.0. The molecule has 2 fully saturated rings. The van der Waals surface area contributed by atoms with Crippen molar-refractivity contribution in [2.75, 3.05) is 32.7 Å². The first-order valence-corrected chi connectivity index (χ1v) is 12.8. The lowest BCUT2D eigenvalue weighted by molar-refractivity contribution is -0.126. The summed E-state index contributed by atoms with van der Waals surface area (Å²) in [5.41, 5.74) is -0.0824. The molecule has 30 heavy (non-hydrogen) atoms. The summed E-state index contributed by atoms with van der Waals surface area (Å²) in [6.07, 6.45) is 4.66. The normalized spacial score (nSPS) is 20.3. The lowest BCUT2D eigenvalue weighted by atomic mass is 9.95. The van der Waals surface area contributed by atoms with E-state index in [2.05, 4.69) is 24.1 Å². The standard InChI is InChI=1S/C21H31Cl2N3O3S/c1-21(2,25-11-4-3-5-12-25)15-24-20(27)16-9-13-26(14-10-16)30(28,29)19-17(22)7-6-8-18(19)23/h6-8,16H,3-5,9-15H2,1-2H3,(H,24,27). The third-order valence-corrected chi connectivity index (χ3v) is 9.10. The summed E-state index contributed by atoms with van der Waals surface area (Å²) in [6.45, 7) is 7.63. The Kier molecular flexibility index (Phi) is 7.72. The van der Waals surface area contributed by atoms with Crippen molar-refractivity contribution in [3.8, 4) is 0 Å². The number of amides is 1. The van der Waals surface area contributed by atoms with E-state index in [-0.39, 0.29) is 45.4 Å². The first kappa shape index (κ1) is 23.8. The van der Waals surface area contributed by atoms with Gasteiger partial charge in [0.05, 0.1) is 10.0 Å². The van der Waals surface area contributed by atoms with Crippen molar-refractivity contribution in [2.24, 2.45) is 5.92 Å². The maximum Gasteiger partial charge on any atom is 0.246 e. The number of sulfonamides is 1. The fraction of sp³-hybridized carbons (Fsp3) is 0.667. The average Bonchev–Trinajstić information content (AvgIpc) is 2.72. The van der Waals surface area contributed by atoms with Crippen molar-refractivity contribution >= 4 is 39.1 Å². The van der Waals surface area contributed by atoms with Crippen LogP contribution < -0.4 is 5.32 Å². The summed E-state index contributed by atoms with van der Waals surface area (Å²) in [5, 5.41) is 3.33. The first-order valence-electron chi connectivity index (χ1n) is 10.6. The van der Waals surface area contributed by atoms with Crippen molar-refractivity contribution in [1.82, 2.24) is 14.5 Å². The van der Waals surface area contributed by atoms with Gasteiger partial charge in [0, 0.05) is 31.1 Å². The van der Waals surface area contributed by atoms with Crippen LogP contribution in [-0.4, -0.2) is 61.8 Å². The van der Waals surface area contributed by atoms with E-state index in [1.165, 1.54) is 35.7 Å². The molecule has 1 N–H and O–H groups in total. The minimum absolute atomic E-state index is 0.00732. The van der Waals surface area contributed by atoms with Gasteiger partial charge in [-0.1, -0.05) is 35.7 Å². The largest absolute Gasteiger partial charge is 0.354 e. The molecule has 0 aliphatic carbocycles. The van der Waals surface area contributed by atoms with Gasteiger partial charge in [-0.15, -0.1) is 0 Å². The Morgan fingerprint density at radius 3 is 2.20 bits per heavy atom. The zero-order valence-electron chi connectivity index (χ0n) is 17.7. The van der Waals surface area contributed by atoms with Crippen molar-refractivity contribution in [1.29, 1.82) is 0 Å². The predicted molar refractivity (Wildman–Crippen MR) is 120 cm³/mol. The highest BCUT2D eigenvalue weighted by molar-refractivity contribution is 7.89. The molecule has 9 heteroatoms. The van der Waals surface area contributed by atoms with Gasteiger partial charge >= 0.3 is 0 Å². The first-order chi connectivity index (χ1) is 14.1. The number of nitrogens with zero attached hydrogens (tertiary/aromatic N) is 2. The Morgan fingerprint density at radius 2 is 1.63 bits per heavy atom. The Hall–Kier alpha value is -0.860. The average molecular weight is 476 g/mol. The number of piperidine rings is 2. The molecule has 6 nitrogen and oxygen atoms in total. The van der Waals surface area contributed by atoms with Gasteiger partial charge in [0.2, 0.25) is 15.9 Å². The molecule has 0 aromatic heterocycles. The minimum atomic E-state index is -3.79. The van der Waals surface area contributed by atoms with Crippen LogP contribution in [-0.2, 0) is 14.8 Å². The topological polar surface area (TPSA) is 69.7 Å². The zero-order valence-corrected chi connectivity index (χ0v) is 20.0. The van der Waals surface area contributed by atoms with Crippen molar-refractivity contribution in [3.63, 3.8) is 0 Å². The minimum Gasteiger partial charge on any atom is -0.354 e. The Bertz CT molecular complexity index is 842. The molecule has 1 aromatic rings. The molecule has 3 rings (SSSR count). The molecule has 0 radical (unpaired) electrons. The highest BCUT2D eigenvalue weighted by atomic mass is 35.5. The molecular weight excluding hydrogens is 445 g/mol. The second kappa shape index (κ2) is 9.74. The van der Waals surface area contributed by atoms with E-state index in [0.717, 1.165) is 13.1 Å². The van der Waals surface area contributed by atoms with E-state index in [4.69, 9.17) is 23.2 Å². The van der Waals surface area contributed by atoms with Gasteiger partial charge in [-0.05, 0) is 64.8 Å². The van der Waals surface area contributed by atoms with Crippen LogP contribution in [0.15, 0.2) is 23.1 Å². The number of benzene rings is 1. The summed E-state index contributed by atoms with van der Waals surface area (Å²) in [4.78, 5) is 15.1. The van der Waals surface area contributed by atoms with Gasteiger partial charge in [-0.25, -0.2) is 8.42 Å². The predicted octanol–water partition coefficient (Wildman–Crippen LogP) is 3.77. The molecule has 1 aromatic carbocycles. The highest BCUT2D eigenvalue weighted by Gasteiger charge is 2.35. The van der Waals surface area contributed by atoms with E-state index in [0.29, 0.717) is 19.4 Å². The van der Waals surface area contributed by atoms with Crippen LogP contribution in [0, 0.1) is 5.92 Å². The number of likely N-dealkylation sites (tertiary alicyclic amines) is 1. The zero-order chi connectivity index (χ0) is 21.9. The van der Waals surface area contributed by atoms with Crippen molar-refractivity contribution in [2.45, 2.75) is 56.4 Å². The molecule has 168 valence electrons. The summed E-state index contributed by atoms with van der Waals surface area (Å²) in [6, 6.07) is 4.65. The number of carbonyl (C=O) groups excluding carboxylic acids is 1. The molecular formula is C21H31Cl2N3O3S. The summed E-state index contributed by atoms with van der Waals surface area (Å²) in [5.74, 6) is -0.178. The third kappa shape index (κ3) is 5.30. The van der Waals surface area contributed by atoms with Gasteiger partial charge in [-0.2, -0.15) is 4.31 Å². The lowest BCUT2D eigenvalue weighted by Crippen LogP contribution is -2.54. The number of rotatable bonds is 6. The Morgan fingerprint density at radius 1 is 1.07 bits per heavy atom. The Labute approximate surface area is 189 Å². The quantitative estimate of drug-likeness (QED) is 0.679. The van der Waals surface area contributed by atoms with E-state index in [1.807, 2.05) is 0 Å². The van der Waals surface area contributed by atoms with Crippen LogP contribution in [0.4, 0.5) is 0 Å². The summed E-state index contributed by atoms with van der Waals surface area (Å²) in [7, 11) is -3.79. The molecule has 0 atom stereocenters. The monoisotopic (exact) mass is 475 g/mol. The van der Waals surface area contributed by atoms with Gasteiger partial charge in [0.25, 0.3) is 0 Å². The fourth-order valence-electron chi connectivity index (χ4n) is 4.28. The van der Waals surface area contributed by atoms with Crippen LogP contribution in [0.5, 0.6) is 0 Å². The van der Waals surface area contributed by atoms with Crippen LogP contribution >= 0.6 is 23.2 Å². The molecule has 2 aliphatic heterocycles. The van der Waals surface area contributed by atoms with Crippen LogP contribution in [0.1, 0.15) is 46.0 Å². The molecule has 0 bridgehead atoms. The number of hydrogen-bond acceptors (Lipinski definition) is 4. The fourth-order valence-corrected chi connectivity index (χ4v) is 6.84. The number of nitrogens with one attached hydrogen (secondary N) is 1. The number of halogens is 2. The van der Waals surface area contributed by atoms with Crippen LogP contribution in [0.2, 0.25) is 10.0 Å². The number of carbonyl (C=O) groups is 1. The molecule has 2 aliphatic rings. The smallest absolute Gasteiger partial charge is 0.246 e. The van der Waals surface area contributed by atoms with Gasteiger partial charge in [0.15, 0.2) is 0 Å². The highest BCUT2D eigenvalue weighted by Crippen LogP contribution is 2.33. The molecule has 2 heterocycles. The molecule has 0 unspecified atom stereocenters. The van der Waals surface area contributed by atoms with Gasteiger partial charge < -0.3 is 5.32 Å². The van der Waals surface area contributed by atoms with Crippen LogP contribution in [0.25, 0.3) is 0 Å². The third-order valence-electron chi connectivity index (χ3n) is 6.25. The van der Waals surface area contributed by atoms with Crippen molar-refractivity contribution in [3.05, 3.63) is 28.2 Å². The molecule has 2 saturated heterocycles.